The molecule has 0 spiro atoms. The Hall–Kier alpha value is -2.02. The number of nitrogens with one attached hydrogen (secondary N) is 1. The van der Waals surface area contributed by atoms with E-state index in [1.807, 2.05) is 17.9 Å². The van der Waals surface area contributed by atoms with Gasteiger partial charge in [-0.05, 0) is 47.3 Å². The van der Waals surface area contributed by atoms with Crippen LogP contribution in [0.25, 0.3) is 0 Å². The van der Waals surface area contributed by atoms with Crippen molar-refractivity contribution in [3.8, 4) is 11.5 Å². The summed E-state index contributed by atoms with van der Waals surface area (Å²) in [4.78, 5) is 12.7. The van der Waals surface area contributed by atoms with Gasteiger partial charge >= 0.3 is 0 Å². The number of carbonyl (C=O) groups is 1. The maximum Gasteiger partial charge on any atom is 0.252 e. The zero-order valence-corrected chi connectivity index (χ0v) is 15.5. The van der Waals surface area contributed by atoms with Crippen LogP contribution in [0.4, 0.5) is 0 Å². The van der Waals surface area contributed by atoms with E-state index in [1.54, 1.807) is 26.4 Å². The molecule has 1 N–H and O–H groups in total. The summed E-state index contributed by atoms with van der Waals surface area (Å²) < 4.78 is 13.2. The second-order valence-electron chi connectivity index (χ2n) is 5.78. The molecule has 128 valence electrons. The number of carbonyl (C=O) groups excluding carboxylic acids is 1. The largest absolute Gasteiger partial charge is 0.495 e. The Morgan fingerprint density at radius 2 is 2.00 bits per heavy atom. The lowest BCUT2D eigenvalue weighted by atomic mass is 9.92. The Kier molecular flexibility index (Phi) is 4.80. The average Bonchev–Trinajstić information content (AvgIpc) is 2.97. The van der Waals surface area contributed by atoms with Crippen molar-refractivity contribution in [2.45, 2.75) is 25.3 Å². The van der Waals surface area contributed by atoms with Crippen LogP contribution in [0.1, 0.15) is 40.5 Å². The fraction of sp³-hybridized carbons (Fsp3) is 0.412. The van der Waals surface area contributed by atoms with Gasteiger partial charge in [0.2, 0.25) is 0 Å². The van der Waals surface area contributed by atoms with Crippen LogP contribution < -0.4 is 14.8 Å². The minimum Gasteiger partial charge on any atom is -0.495 e. The molecule has 1 heterocycles. The zero-order valence-electron chi connectivity index (χ0n) is 13.9. The van der Waals surface area contributed by atoms with E-state index in [2.05, 4.69) is 26.3 Å². The molecular weight excluding hydrogens is 374 g/mol. The van der Waals surface area contributed by atoms with Gasteiger partial charge in [-0.1, -0.05) is 0 Å². The number of amides is 1. The summed E-state index contributed by atoms with van der Waals surface area (Å²) in [7, 11) is 5.06. The number of aryl methyl sites for hydroxylation is 1. The number of aromatic nitrogens is 2. The third-order valence-corrected chi connectivity index (χ3v) is 5.17. The summed E-state index contributed by atoms with van der Waals surface area (Å²) in [5.41, 5.74) is 2.80. The zero-order chi connectivity index (χ0) is 17.3. The molecule has 1 aliphatic rings. The Balaban J connectivity index is 1.86. The van der Waals surface area contributed by atoms with Gasteiger partial charge in [0.25, 0.3) is 5.91 Å². The van der Waals surface area contributed by atoms with Gasteiger partial charge in [-0.25, -0.2) is 0 Å². The number of fused-ring (bicyclic) bond motifs is 1. The van der Waals surface area contributed by atoms with Crippen LogP contribution in [0.15, 0.2) is 22.8 Å². The number of methoxy groups -OCH3 is 2. The SMILES string of the molecule is COc1cc(C(=O)NC2CCCc3c2cnn3C)cc(OC)c1Br. The van der Waals surface area contributed by atoms with E-state index in [0.717, 1.165) is 24.8 Å². The Morgan fingerprint density at radius 1 is 1.33 bits per heavy atom. The first-order chi connectivity index (χ1) is 11.5. The second kappa shape index (κ2) is 6.84. The van der Waals surface area contributed by atoms with E-state index < -0.39 is 0 Å². The van der Waals surface area contributed by atoms with Crippen molar-refractivity contribution >= 4 is 21.8 Å². The van der Waals surface area contributed by atoms with Crippen molar-refractivity contribution in [3.63, 3.8) is 0 Å². The molecule has 0 saturated heterocycles. The highest BCUT2D eigenvalue weighted by molar-refractivity contribution is 9.10. The van der Waals surface area contributed by atoms with Crippen molar-refractivity contribution in [1.82, 2.24) is 15.1 Å². The smallest absolute Gasteiger partial charge is 0.252 e. The van der Waals surface area contributed by atoms with Gasteiger partial charge in [0, 0.05) is 23.9 Å². The lowest BCUT2D eigenvalue weighted by molar-refractivity contribution is 0.0932. The molecule has 1 atom stereocenters. The van der Waals surface area contributed by atoms with Gasteiger partial charge in [0.05, 0.1) is 26.5 Å². The monoisotopic (exact) mass is 393 g/mol. The van der Waals surface area contributed by atoms with Crippen LogP contribution in [0.5, 0.6) is 11.5 Å². The highest BCUT2D eigenvalue weighted by atomic mass is 79.9. The molecule has 0 radical (unpaired) electrons. The van der Waals surface area contributed by atoms with Crippen LogP contribution in [0, 0.1) is 0 Å². The van der Waals surface area contributed by atoms with Crippen LogP contribution >= 0.6 is 15.9 Å². The molecule has 2 aromatic rings. The first kappa shape index (κ1) is 16.8. The number of halogens is 1. The number of nitrogens with zero attached hydrogens (tertiary/aromatic N) is 2. The molecule has 24 heavy (non-hydrogen) atoms. The van der Waals surface area contributed by atoms with E-state index in [0.29, 0.717) is 21.5 Å². The van der Waals surface area contributed by atoms with Gasteiger partial charge < -0.3 is 14.8 Å². The van der Waals surface area contributed by atoms with Crippen molar-refractivity contribution in [2.75, 3.05) is 14.2 Å². The van der Waals surface area contributed by atoms with E-state index >= 15 is 0 Å². The van der Waals surface area contributed by atoms with Gasteiger partial charge in [-0.2, -0.15) is 5.10 Å². The molecule has 7 heteroatoms. The van der Waals surface area contributed by atoms with Crippen LogP contribution in [0.3, 0.4) is 0 Å². The summed E-state index contributed by atoms with van der Waals surface area (Å²) in [5.74, 6) is 0.969. The van der Waals surface area contributed by atoms with Gasteiger partial charge in [-0.15, -0.1) is 0 Å². The minimum absolute atomic E-state index is 0.0180. The highest BCUT2D eigenvalue weighted by Gasteiger charge is 2.25. The predicted octanol–water partition coefficient (Wildman–Crippen LogP) is 3.01. The fourth-order valence-electron chi connectivity index (χ4n) is 3.10. The van der Waals surface area contributed by atoms with Gasteiger partial charge in [0.15, 0.2) is 0 Å². The van der Waals surface area contributed by atoms with Crippen molar-refractivity contribution < 1.29 is 14.3 Å². The molecule has 1 unspecified atom stereocenters. The number of hydrogen-bond acceptors (Lipinski definition) is 4. The molecule has 0 saturated carbocycles. The maximum absolute atomic E-state index is 12.7. The first-order valence-electron chi connectivity index (χ1n) is 7.78. The number of benzene rings is 1. The number of hydrogen-bond donors (Lipinski definition) is 1. The Labute approximate surface area is 149 Å². The van der Waals surface area contributed by atoms with Gasteiger partial charge in [-0.3, -0.25) is 9.48 Å². The number of rotatable bonds is 4. The average molecular weight is 394 g/mol. The number of ether oxygens (including phenoxy) is 2. The third kappa shape index (κ3) is 3.00. The van der Waals surface area contributed by atoms with Crippen LogP contribution in [0.2, 0.25) is 0 Å². The van der Waals surface area contributed by atoms with E-state index in [4.69, 9.17) is 9.47 Å². The normalized spacial score (nSPS) is 16.4. The summed E-state index contributed by atoms with van der Waals surface area (Å²) in [5, 5.41) is 7.42. The van der Waals surface area contributed by atoms with Crippen LogP contribution in [-0.4, -0.2) is 29.9 Å². The predicted molar refractivity (Wildman–Crippen MR) is 93.6 cm³/mol. The van der Waals surface area contributed by atoms with Crippen molar-refractivity contribution in [1.29, 1.82) is 0 Å². The highest BCUT2D eigenvalue weighted by Crippen LogP contribution is 2.36. The van der Waals surface area contributed by atoms with E-state index in [1.165, 1.54) is 5.69 Å². The minimum atomic E-state index is -0.152. The first-order valence-corrected chi connectivity index (χ1v) is 8.57. The molecule has 6 nitrogen and oxygen atoms in total. The van der Waals surface area contributed by atoms with E-state index in [-0.39, 0.29) is 11.9 Å². The van der Waals surface area contributed by atoms with Crippen molar-refractivity contribution in [2.24, 2.45) is 7.05 Å². The molecule has 1 amide bonds. The maximum atomic E-state index is 12.7. The Morgan fingerprint density at radius 3 is 2.62 bits per heavy atom. The molecule has 0 fully saturated rings. The summed E-state index contributed by atoms with van der Waals surface area (Å²) in [6.07, 6.45) is 4.79. The molecule has 1 aromatic carbocycles. The lowest BCUT2D eigenvalue weighted by Crippen LogP contribution is -2.31. The Bertz CT molecular complexity index is 747. The third-order valence-electron chi connectivity index (χ3n) is 4.39. The fourth-order valence-corrected chi connectivity index (χ4v) is 3.65. The molecule has 1 aromatic heterocycles. The summed E-state index contributed by atoms with van der Waals surface area (Å²) >= 11 is 3.41. The molecule has 0 bridgehead atoms. The van der Waals surface area contributed by atoms with Crippen molar-refractivity contribution in [3.05, 3.63) is 39.6 Å². The standard InChI is InChI=1S/C17H20BrN3O3/c1-21-13-6-4-5-12(11(13)9-19-21)20-17(22)10-7-14(23-2)16(18)15(8-10)24-3/h7-9,12H,4-6H2,1-3H3,(H,20,22). The van der Waals surface area contributed by atoms with E-state index in [9.17, 15) is 4.79 Å². The van der Waals surface area contributed by atoms with Crippen LogP contribution in [-0.2, 0) is 13.5 Å². The second-order valence-corrected chi connectivity index (χ2v) is 6.58. The topological polar surface area (TPSA) is 65.4 Å². The quantitative estimate of drug-likeness (QED) is 0.866. The molecule has 0 aliphatic heterocycles. The summed E-state index contributed by atoms with van der Waals surface area (Å²) in [6, 6.07) is 3.39. The summed E-state index contributed by atoms with van der Waals surface area (Å²) in [6.45, 7) is 0. The van der Waals surface area contributed by atoms with Gasteiger partial charge in [0.1, 0.15) is 16.0 Å². The molecule has 1 aliphatic carbocycles. The molecule has 3 rings (SSSR count). The lowest BCUT2D eigenvalue weighted by Gasteiger charge is -2.24. The molecular formula is C17H20BrN3O3.